The van der Waals surface area contributed by atoms with Crippen molar-refractivity contribution in [2.24, 2.45) is 4.99 Å². The van der Waals surface area contributed by atoms with E-state index in [9.17, 15) is 0 Å². The highest BCUT2D eigenvalue weighted by atomic mass is 32.2. The van der Waals surface area contributed by atoms with Crippen molar-refractivity contribution >= 4 is 16.9 Å². The van der Waals surface area contributed by atoms with Crippen LogP contribution in [-0.4, -0.2) is 36.4 Å². The molecule has 1 saturated heterocycles. The molecule has 6 heteroatoms. The fraction of sp³-hybridized carbons (Fsp3) is 0.348. The number of amidine groups is 1. The molecule has 0 radical (unpaired) electrons. The van der Waals surface area contributed by atoms with Crippen molar-refractivity contribution in [1.29, 1.82) is 0 Å². The average molecular weight is 404 g/mol. The van der Waals surface area contributed by atoms with Crippen molar-refractivity contribution < 1.29 is 0 Å². The molecule has 3 atom stereocenters. The number of hydrogen-bond donors (Lipinski definition) is 0. The van der Waals surface area contributed by atoms with E-state index in [-0.39, 0.29) is 12.1 Å². The summed E-state index contributed by atoms with van der Waals surface area (Å²) < 4.78 is 2.41. The van der Waals surface area contributed by atoms with Crippen LogP contribution in [0.2, 0.25) is 0 Å². The molecule has 0 unspecified atom stereocenters. The molecule has 0 N–H and O–H groups in total. The van der Waals surface area contributed by atoms with Crippen LogP contribution in [0.15, 0.2) is 60.0 Å². The maximum Gasteiger partial charge on any atom is 0.160 e. The molecule has 3 aromatic rings. The molecule has 0 amide bonds. The monoisotopic (exact) mass is 403 g/mol. The summed E-state index contributed by atoms with van der Waals surface area (Å²) in [5, 5.41) is 1.73. The van der Waals surface area contributed by atoms with Crippen LogP contribution in [-0.2, 0) is 6.54 Å². The van der Waals surface area contributed by atoms with Gasteiger partial charge in [0, 0.05) is 48.3 Å². The van der Waals surface area contributed by atoms with E-state index in [1.54, 1.807) is 0 Å². The maximum atomic E-state index is 5.12. The molecule has 0 bridgehead atoms. The van der Waals surface area contributed by atoms with Crippen LogP contribution in [0.25, 0.3) is 0 Å². The molecule has 3 aromatic heterocycles. The second-order valence-electron chi connectivity index (χ2n) is 7.90. The zero-order valence-corrected chi connectivity index (χ0v) is 17.8. The Morgan fingerprint density at radius 1 is 1.10 bits per heavy atom. The molecule has 2 aliphatic heterocycles. The van der Waals surface area contributed by atoms with Gasteiger partial charge >= 0.3 is 0 Å². The van der Waals surface area contributed by atoms with E-state index in [0.717, 1.165) is 24.0 Å². The van der Waals surface area contributed by atoms with Crippen LogP contribution in [0.5, 0.6) is 0 Å². The number of thioether (sulfide) groups is 1. The number of nitrogens with zero attached hydrogens (tertiary/aromatic N) is 5. The summed E-state index contributed by atoms with van der Waals surface area (Å²) in [6.45, 7) is 8.62. The summed E-state index contributed by atoms with van der Waals surface area (Å²) >= 11 is 1.89. The number of hydrogen-bond acceptors (Lipinski definition) is 5. The number of pyridine rings is 2. The molecule has 29 heavy (non-hydrogen) atoms. The van der Waals surface area contributed by atoms with Crippen LogP contribution in [0.1, 0.15) is 47.2 Å². The molecule has 0 aromatic carbocycles. The van der Waals surface area contributed by atoms with Gasteiger partial charge < -0.3 is 9.47 Å². The third-order valence-electron chi connectivity index (χ3n) is 5.90. The maximum absolute atomic E-state index is 5.12. The first kappa shape index (κ1) is 18.4. The number of fused-ring (bicyclic) bond motifs is 1. The van der Waals surface area contributed by atoms with Gasteiger partial charge in [0.2, 0.25) is 0 Å². The molecular weight excluding hydrogens is 378 g/mol. The predicted molar refractivity (Wildman–Crippen MR) is 118 cm³/mol. The molecule has 0 spiro atoms. The quantitative estimate of drug-likeness (QED) is 0.642. The van der Waals surface area contributed by atoms with Crippen molar-refractivity contribution in [2.75, 3.05) is 6.54 Å². The molecule has 5 rings (SSSR count). The van der Waals surface area contributed by atoms with E-state index >= 15 is 0 Å². The first-order valence-corrected chi connectivity index (χ1v) is 11.0. The van der Waals surface area contributed by atoms with Crippen molar-refractivity contribution in [3.8, 4) is 0 Å². The summed E-state index contributed by atoms with van der Waals surface area (Å²) in [4.78, 5) is 16.4. The summed E-state index contributed by atoms with van der Waals surface area (Å²) in [5.74, 6) is 0. The lowest BCUT2D eigenvalue weighted by Crippen LogP contribution is -2.29. The number of rotatable bonds is 4. The minimum atomic E-state index is 0.0427. The molecule has 0 saturated carbocycles. The molecule has 1 fully saturated rings. The summed E-state index contributed by atoms with van der Waals surface area (Å²) in [6.07, 6.45) is 5.60. The van der Waals surface area contributed by atoms with Gasteiger partial charge in [-0.3, -0.25) is 15.0 Å². The minimum absolute atomic E-state index is 0.0427. The Balaban J connectivity index is 1.55. The third kappa shape index (κ3) is 3.25. The minimum Gasteiger partial charge on any atom is -0.344 e. The van der Waals surface area contributed by atoms with Crippen LogP contribution < -0.4 is 0 Å². The Kier molecular flexibility index (Phi) is 4.66. The zero-order chi connectivity index (χ0) is 20.0. The third-order valence-corrected chi connectivity index (χ3v) is 7.00. The first-order valence-electron chi connectivity index (χ1n) is 10.1. The fourth-order valence-corrected chi connectivity index (χ4v) is 5.59. The standard InChI is InChI=1S/C23H25N5S/c1-15-12-19(17(3)27(15)14-18-7-10-24-11-8-18)22-21(20-6-4-5-9-25-20)26-23-28(22)13-16(2)29-23/h4-12,16,21-22H,13-14H2,1-3H3/t16-,21-,22+/m0/s1. The van der Waals surface area contributed by atoms with Crippen LogP contribution in [0.3, 0.4) is 0 Å². The first-order chi connectivity index (χ1) is 14.1. The smallest absolute Gasteiger partial charge is 0.160 e. The van der Waals surface area contributed by atoms with Crippen molar-refractivity contribution in [3.63, 3.8) is 0 Å². The fourth-order valence-electron chi connectivity index (χ4n) is 4.50. The van der Waals surface area contributed by atoms with Gasteiger partial charge in [-0.2, -0.15) is 0 Å². The van der Waals surface area contributed by atoms with E-state index in [1.165, 1.54) is 22.5 Å². The van der Waals surface area contributed by atoms with Gasteiger partial charge in [0.1, 0.15) is 6.04 Å². The summed E-state index contributed by atoms with van der Waals surface area (Å²) in [5.41, 5.74) is 6.27. The highest BCUT2D eigenvalue weighted by Gasteiger charge is 2.44. The average Bonchev–Trinajstić information content (AvgIpc) is 3.35. The predicted octanol–water partition coefficient (Wildman–Crippen LogP) is 4.53. The van der Waals surface area contributed by atoms with Crippen LogP contribution in [0.4, 0.5) is 0 Å². The second kappa shape index (κ2) is 7.34. The lowest BCUT2D eigenvalue weighted by Gasteiger charge is -2.27. The van der Waals surface area contributed by atoms with Gasteiger partial charge in [-0.1, -0.05) is 24.8 Å². The van der Waals surface area contributed by atoms with Crippen LogP contribution >= 0.6 is 11.8 Å². The summed E-state index contributed by atoms with van der Waals surface area (Å²) in [6, 6.07) is 12.9. The van der Waals surface area contributed by atoms with Crippen molar-refractivity contribution in [2.45, 2.75) is 44.6 Å². The zero-order valence-electron chi connectivity index (χ0n) is 17.0. The van der Waals surface area contributed by atoms with E-state index in [2.05, 4.69) is 70.5 Å². The van der Waals surface area contributed by atoms with E-state index in [1.807, 2.05) is 36.4 Å². The second-order valence-corrected chi connectivity index (χ2v) is 9.31. The lowest BCUT2D eigenvalue weighted by molar-refractivity contribution is 0.320. The lowest BCUT2D eigenvalue weighted by atomic mass is 9.96. The van der Waals surface area contributed by atoms with Gasteiger partial charge in [-0.25, -0.2) is 0 Å². The molecule has 5 nitrogen and oxygen atoms in total. The topological polar surface area (TPSA) is 46.3 Å². The SMILES string of the molecule is Cc1cc([C@@H]2[C@H](c3ccccn3)N=C3S[C@@H](C)CN32)c(C)n1Cc1ccncc1. The molecule has 2 aliphatic rings. The molecule has 5 heterocycles. The number of aryl methyl sites for hydroxylation is 1. The Hall–Kier alpha value is -2.60. The number of aliphatic imine (C=N–C) groups is 1. The molecular formula is C23H25N5S. The van der Waals surface area contributed by atoms with Gasteiger partial charge in [0.25, 0.3) is 0 Å². The van der Waals surface area contributed by atoms with Crippen molar-refractivity contribution in [1.82, 2.24) is 19.4 Å². The van der Waals surface area contributed by atoms with E-state index in [0.29, 0.717) is 5.25 Å². The Labute approximate surface area is 175 Å². The molecule has 148 valence electrons. The number of aromatic nitrogens is 3. The van der Waals surface area contributed by atoms with Gasteiger partial charge in [-0.15, -0.1) is 0 Å². The largest absolute Gasteiger partial charge is 0.344 e. The highest BCUT2D eigenvalue weighted by Crippen LogP contribution is 2.48. The highest BCUT2D eigenvalue weighted by molar-refractivity contribution is 8.14. The van der Waals surface area contributed by atoms with Gasteiger partial charge in [0.05, 0.1) is 11.7 Å². The Bertz CT molecular complexity index is 1040. The van der Waals surface area contributed by atoms with Crippen molar-refractivity contribution in [3.05, 3.63) is 83.2 Å². The molecule has 0 aliphatic carbocycles. The van der Waals surface area contributed by atoms with E-state index in [4.69, 9.17) is 4.99 Å². The Morgan fingerprint density at radius 3 is 2.69 bits per heavy atom. The van der Waals surface area contributed by atoms with Gasteiger partial charge in [-0.05, 0) is 55.3 Å². The summed E-state index contributed by atoms with van der Waals surface area (Å²) in [7, 11) is 0. The van der Waals surface area contributed by atoms with Gasteiger partial charge in [0.15, 0.2) is 5.17 Å². The normalized spacial score (nSPS) is 23.3. The Morgan fingerprint density at radius 2 is 1.93 bits per heavy atom. The van der Waals surface area contributed by atoms with E-state index < -0.39 is 0 Å². The van der Waals surface area contributed by atoms with Crippen LogP contribution in [0, 0.1) is 13.8 Å².